The van der Waals surface area contributed by atoms with E-state index in [4.69, 9.17) is 0 Å². The van der Waals surface area contributed by atoms with Gasteiger partial charge < -0.3 is 5.32 Å². The largest absolute Gasteiger partial charge is 0.351 e. The second-order valence-corrected chi connectivity index (χ2v) is 7.10. The van der Waals surface area contributed by atoms with Gasteiger partial charge in [0.25, 0.3) is 0 Å². The molecule has 0 aliphatic carbocycles. The molecule has 0 bridgehead atoms. The van der Waals surface area contributed by atoms with Crippen LogP contribution in [0.4, 0.5) is 4.39 Å². The van der Waals surface area contributed by atoms with Crippen LogP contribution in [0.3, 0.4) is 0 Å². The van der Waals surface area contributed by atoms with Gasteiger partial charge >= 0.3 is 0 Å². The lowest BCUT2D eigenvalue weighted by atomic mass is 10.2. The molecule has 0 aliphatic heterocycles. The van der Waals surface area contributed by atoms with Gasteiger partial charge in [-0.2, -0.15) is 0 Å². The van der Waals surface area contributed by atoms with Crippen molar-refractivity contribution in [2.45, 2.75) is 12.3 Å². The topological polar surface area (TPSA) is 46.2 Å². The van der Waals surface area contributed by atoms with Crippen LogP contribution in [-0.2, 0) is 27.9 Å². The zero-order valence-electron chi connectivity index (χ0n) is 11.7. The minimum atomic E-state index is -1.29. The lowest BCUT2D eigenvalue weighted by molar-refractivity contribution is -0.118. The summed E-state index contributed by atoms with van der Waals surface area (Å²) in [5.74, 6) is -0.484. The van der Waals surface area contributed by atoms with Crippen molar-refractivity contribution < 1.29 is 13.4 Å². The molecular weight excluding hydrogens is 369 g/mol. The van der Waals surface area contributed by atoms with Crippen LogP contribution < -0.4 is 5.32 Å². The Labute approximate surface area is 139 Å². The average molecular weight is 384 g/mol. The molecule has 0 aromatic heterocycles. The molecule has 1 atom stereocenters. The predicted molar refractivity (Wildman–Crippen MR) is 89.1 cm³/mol. The fraction of sp³-hybridized carbons (Fsp3) is 0.188. The third-order valence-corrected chi connectivity index (χ3v) is 4.73. The maximum atomic E-state index is 13.4. The molecule has 22 heavy (non-hydrogen) atoms. The first-order chi connectivity index (χ1) is 10.5. The van der Waals surface area contributed by atoms with E-state index in [1.165, 1.54) is 6.07 Å². The molecule has 0 unspecified atom stereocenters. The van der Waals surface area contributed by atoms with E-state index in [0.29, 0.717) is 11.3 Å². The van der Waals surface area contributed by atoms with Crippen molar-refractivity contribution in [1.82, 2.24) is 5.32 Å². The normalized spacial score (nSPS) is 11.9. The number of hydrogen-bond donors (Lipinski definition) is 1. The molecule has 6 heteroatoms. The van der Waals surface area contributed by atoms with E-state index in [1.54, 1.807) is 18.2 Å². The van der Waals surface area contributed by atoms with E-state index < -0.39 is 10.8 Å². The molecule has 0 fully saturated rings. The summed E-state index contributed by atoms with van der Waals surface area (Å²) in [5, 5.41) is 2.59. The molecule has 0 saturated heterocycles. The van der Waals surface area contributed by atoms with Crippen molar-refractivity contribution in [2.75, 3.05) is 5.75 Å². The monoisotopic (exact) mass is 383 g/mol. The second kappa shape index (κ2) is 8.19. The number of carbonyl (C=O) groups excluding carboxylic acids is 1. The number of rotatable bonds is 6. The van der Waals surface area contributed by atoms with Crippen LogP contribution >= 0.6 is 15.9 Å². The number of halogens is 2. The Morgan fingerprint density at radius 1 is 1.14 bits per heavy atom. The van der Waals surface area contributed by atoms with Crippen LogP contribution in [0, 0.1) is 5.82 Å². The molecule has 0 aliphatic rings. The lowest BCUT2D eigenvalue weighted by Gasteiger charge is -2.06. The molecule has 0 heterocycles. The first-order valence-electron chi connectivity index (χ1n) is 6.64. The quantitative estimate of drug-likeness (QED) is 0.832. The standard InChI is InChI=1S/C16H15BrFNO2S/c17-14-7-5-12(6-8-14)10-22(21)11-16(20)19-9-13-3-1-2-4-15(13)18/h1-8H,9-11H2,(H,19,20)/t22-/m0/s1. The number of hydrogen-bond acceptors (Lipinski definition) is 2. The van der Waals surface area contributed by atoms with E-state index >= 15 is 0 Å². The maximum absolute atomic E-state index is 13.4. The van der Waals surface area contributed by atoms with E-state index in [-0.39, 0.29) is 24.0 Å². The third-order valence-electron chi connectivity index (χ3n) is 2.97. The van der Waals surface area contributed by atoms with Crippen molar-refractivity contribution in [3.8, 4) is 0 Å². The molecule has 0 spiro atoms. The highest BCUT2D eigenvalue weighted by atomic mass is 79.9. The first-order valence-corrected chi connectivity index (χ1v) is 8.92. The minimum Gasteiger partial charge on any atom is -0.351 e. The van der Waals surface area contributed by atoms with Gasteiger partial charge in [-0.05, 0) is 23.8 Å². The van der Waals surface area contributed by atoms with Crippen molar-refractivity contribution in [3.05, 3.63) is 69.9 Å². The molecule has 116 valence electrons. The molecule has 1 N–H and O–H groups in total. The number of carbonyl (C=O) groups is 1. The Hall–Kier alpha value is -1.53. The first kappa shape index (κ1) is 16.8. The van der Waals surface area contributed by atoms with Gasteiger partial charge in [-0.25, -0.2) is 4.39 Å². The van der Waals surface area contributed by atoms with Gasteiger partial charge in [-0.15, -0.1) is 0 Å². The van der Waals surface area contributed by atoms with Gasteiger partial charge in [0, 0.05) is 33.1 Å². The lowest BCUT2D eigenvalue weighted by Crippen LogP contribution is -2.28. The number of benzene rings is 2. The Morgan fingerprint density at radius 2 is 1.82 bits per heavy atom. The Bertz CT molecular complexity index is 676. The van der Waals surface area contributed by atoms with Crippen LogP contribution in [0.2, 0.25) is 0 Å². The Morgan fingerprint density at radius 3 is 2.50 bits per heavy atom. The molecule has 2 aromatic carbocycles. The van der Waals surface area contributed by atoms with Crippen molar-refractivity contribution in [2.24, 2.45) is 0 Å². The van der Waals surface area contributed by atoms with Gasteiger partial charge in [0.1, 0.15) is 11.6 Å². The summed E-state index contributed by atoms with van der Waals surface area (Å²) in [6, 6.07) is 13.7. The molecule has 3 nitrogen and oxygen atoms in total. The Kier molecular flexibility index (Phi) is 6.27. The summed E-state index contributed by atoms with van der Waals surface area (Å²) < 4.78 is 26.3. The molecule has 0 saturated carbocycles. The van der Waals surface area contributed by atoms with Crippen LogP contribution in [0.1, 0.15) is 11.1 Å². The summed E-state index contributed by atoms with van der Waals surface area (Å²) >= 11 is 3.33. The number of amides is 1. The van der Waals surface area contributed by atoms with E-state index in [0.717, 1.165) is 10.0 Å². The SMILES string of the molecule is O=C(C[S@@](=O)Cc1ccc(Br)cc1)NCc1ccccc1F. The fourth-order valence-corrected chi connectivity index (χ4v) is 3.18. The summed E-state index contributed by atoms with van der Waals surface area (Å²) in [6.07, 6.45) is 0. The highest BCUT2D eigenvalue weighted by Gasteiger charge is 2.09. The maximum Gasteiger partial charge on any atom is 0.232 e. The zero-order valence-corrected chi connectivity index (χ0v) is 14.1. The number of nitrogens with one attached hydrogen (secondary N) is 1. The van der Waals surface area contributed by atoms with Crippen molar-refractivity contribution in [3.63, 3.8) is 0 Å². The van der Waals surface area contributed by atoms with Crippen LogP contribution in [0.25, 0.3) is 0 Å². The summed E-state index contributed by atoms with van der Waals surface area (Å²) in [7, 11) is -1.29. The summed E-state index contributed by atoms with van der Waals surface area (Å²) in [6.45, 7) is 0.0982. The van der Waals surface area contributed by atoms with Crippen LogP contribution in [0.15, 0.2) is 53.0 Å². The molecular formula is C16H15BrFNO2S. The minimum absolute atomic E-state index is 0.0927. The molecule has 2 rings (SSSR count). The van der Waals surface area contributed by atoms with Gasteiger partial charge in [0.05, 0.1) is 0 Å². The zero-order chi connectivity index (χ0) is 15.9. The van der Waals surface area contributed by atoms with Gasteiger partial charge in [0.15, 0.2) is 0 Å². The molecule has 0 radical (unpaired) electrons. The highest BCUT2D eigenvalue weighted by molar-refractivity contribution is 9.10. The third kappa shape index (κ3) is 5.35. The van der Waals surface area contributed by atoms with E-state index in [2.05, 4.69) is 21.2 Å². The van der Waals surface area contributed by atoms with E-state index in [9.17, 15) is 13.4 Å². The van der Waals surface area contributed by atoms with Gasteiger partial charge in [-0.1, -0.05) is 46.3 Å². The average Bonchev–Trinajstić information content (AvgIpc) is 2.49. The highest BCUT2D eigenvalue weighted by Crippen LogP contribution is 2.12. The van der Waals surface area contributed by atoms with Gasteiger partial charge in [-0.3, -0.25) is 9.00 Å². The predicted octanol–water partition coefficient (Wildman–Crippen LogP) is 3.15. The second-order valence-electron chi connectivity index (χ2n) is 4.72. The van der Waals surface area contributed by atoms with E-state index in [1.807, 2.05) is 24.3 Å². The fourth-order valence-electron chi connectivity index (χ4n) is 1.85. The van der Waals surface area contributed by atoms with Crippen molar-refractivity contribution >= 4 is 32.6 Å². The van der Waals surface area contributed by atoms with Crippen LogP contribution in [0.5, 0.6) is 0 Å². The molecule has 2 aromatic rings. The smallest absolute Gasteiger partial charge is 0.232 e. The molecule has 1 amide bonds. The van der Waals surface area contributed by atoms with Crippen LogP contribution in [-0.4, -0.2) is 15.9 Å². The summed E-state index contributed by atoms with van der Waals surface area (Å²) in [4.78, 5) is 11.7. The Balaban J connectivity index is 1.80. The summed E-state index contributed by atoms with van der Waals surface area (Å²) in [5.41, 5.74) is 1.32. The van der Waals surface area contributed by atoms with Gasteiger partial charge in [0.2, 0.25) is 5.91 Å². The van der Waals surface area contributed by atoms with Crippen molar-refractivity contribution in [1.29, 1.82) is 0 Å².